The first-order valence-electron chi connectivity index (χ1n) is 9.07. The summed E-state index contributed by atoms with van der Waals surface area (Å²) in [6, 6.07) is 7.84. The van der Waals surface area contributed by atoms with Crippen molar-refractivity contribution in [2.75, 3.05) is 43.2 Å². The SMILES string of the molecule is CC(=O)N1CCN(c2nc(C)cc(NCc3ccc4c(c3)OCO4)n2)CC1. The molecule has 27 heavy (non-hydrogen) atoms. The Hall–Kier alpha value is -3.03. The predicted octanol–water partition coefficient (Wildman–Crippen LogP) is 1.79. The highest BCUT2D eigenvalue weighted by Crippen LogP contribution is 2.32. The van der Waals surface area contributed by atoms with Crippen molar-refractivity contribution >= 4 is 17.7 Å². The summed E-state index contributed by atoms with van der Waals surface area (Å²) >= 11 is 0. The van der Waals surface area contributed by atoms with Crippen molar-refractivity contribution in [3.05, 3.63) is 35.5 Å². The zero-order chi connectivity index (χ0) is 18.8. The molecule has 0 saturated carbocycles. The van der Waals surface area contributed by atoms with E-state index in [2.05, 4.69) is 20.2 Å². The van der Waals surface area contributed by atoms with Crippen LogP contribution in [0.1, 0.15) is 18.2 Å². The zero-order valence-corrected chi connectivity index (χ0v) is 15.6. The van der Waals surface area contributed by atoms with E-state index in [-0.39, 0.29) is 12.7 Å². The van der Waals surface area contributed by atoms with Gasteiger partial charge in [0, 0.05) is 51.4 Å². The van der Waals surface area contributed by atoms with E-state index in [1.807, 2.05) is 36.1 Å². The Labute approximate surface area is 158 Å². The number of nitrogens with zero attached hydrogens (tertiary/aromatic N) is 4. The van der Waals surface area contributed by atoms with Crippen molar-refractivity contribution in [3.8, 4) is 11.5 Å². The minimum atomic E-state index is 0.117. The molecular formula is C19H23N5O3. The molecule has 0 radical (unpaired) electrons. The number of ether oxygens (including phenoxy) is 2. The standard InChI is InChI=1S/C19H23N5O3/c1-13-9-18(20-11-15-3-4-16-17(10-15)27-12-26-16)22-19(21-13)24-7-5-23(6-8-24)14(2)25/h3-4,9-10H,5-8,11-12H2,1-2H3,(H,20,21,22). The van der Waals surface area contributed by atoms with E-state index < -0.39 is 0 Å². The Morgan fingerprint density at radius 1 is 1.11 bits per heavy atom. The minimum absolute atomic E-state index is 0.117. The summed E-state index contributed by atoms with van der Waals surface area (Å²) in [7, 11) is 0. The Balaban J connectivity index is 1.42. The van der Waals surface area contributed by atoms with Gasteiger partial charge in [0.05, 0.1) is 0 Å². The third-order valence-corrected chi connectivity index (χ3v) is 4.76. The summed E-state index contributed by atoms with van der Waals surface area (Å²) in [5.74, 6) is 3.15. The van der Waals surface area contributed by atoms with Crippen molar-refractivity contribution < 1.29 is 14.3 Å². The number of hydrogen-bond donors (Lipinski definition) is 1. The molecule has 2 aliphatic rings. The van der Waals surface area contributed by atoms with Gasteiger partial charge in [-0.25, -0.2) is 4.98 Å². The predicted molar refractivity (Wildman–Crippen MR) is 101 cm³/mol. The van der Waals surface area contributed by atoms with Crippen LogP contribution in [0.15, 0.2) is 24.3 Å². The van der Waals surface area contributed by atoms with E-state index >= 15 is 0 Å². The van der Waals surface area contributed by atoms with E-state index in [9.17, 15) is 4.79 Å². The van der Waals surface area contributed by atoms with Gasteiger partial charge in [0.1, 0.15) is 5.82 Å². The molecule has 142 valence electrons. The molecule has 3 heterocycles. The Morgan fingerprint density at radius 3 is 2.67 bits per heavy atom. The second-order valence-electron chi connectivity index (χ2n) is 6.73. The topological polar surface area (TPSA) is 79.8 Å². The monoisotopic (exact) mass is 369 g/mol. The second kappa shape index (κ2) is 7.30. The van der Waals surface area contributed by atoms with Gasteiger partial charge in [-0.2, -0.15) is 4.98 Å². The normalized spacial score (nSPS) is 15.8. The highest BCUT2D eigenvalue weighted by atomic mass is 16.7. The molecule has 8 nitrogen and oxygen atoms in total. The summed E-state index contributed by atoms with van der Waals surface area (Å²) < 4.78 is 10.8. The first-order chi connectivity index (χ1) is 13.1. The Bertz CT molecular complexity index is 849. The van der Waals surface area contributed by atoms with Gasteiger partial charge in [-0.05, 0) is 24.6 Å². The first-order valence-corrected chi connectivity index (χ1v) is 9.07. The number of aromatic nitrogens is 2. The number of nitrogens with one attached hydrogen (secondary N) is 1. The molecule has 2 aromatic rings. The van der Waals surface area contributed by atoms with Crippen LogP contribution in [0, 0.1) is 6.92 Å². The van der Waals surface area contributed by atoms with E-state index in [4.69, 9.17) is 9.47 Å². The van der Waals surface area contributed by atoms with E-state index in [1.165, 1.54) is 0 Å². The average molecular weight is 369 g/mol. The van der Waals surface area contributed by atoms with Crippen molar-refractivity contribution in [1.82, 2.24) is 14.9 Å². The first kappa shape index (κ1) is 17.4. The number of hydrogen-bond acceptors (Lipinski definition) is 7. The summed E-state index contributed by atoms with van der Waals surface area (Å²) in [6.07, 6.45) is 0. The number of carbonyl (C=O) groups is 1. The van der Waals surface area contributed by atoms with E-state index in [0.29, 0.717) is 25.6 Å². The van der Waals surface area contributed by atoms with Gasteiger partial charge in [-0.3, -0.25) is 4.79 Å². The largest absolute Gasteiger partial charge is 0.454 e. The molecule has 2 aliphatic heterocycles. The van der Waals surface area contributed by atoms with E-state index in [0.717, 1.165) is 41.7 Å². The number of amides is 1. The van der Waals surface area contributed by atoms with Gasteiger partial charge in [0.2, 0.25) is 18.6 Å². The van der Waals surface area contributed by atoms with Gasteiger partial charge in [0.15, 0.2) is 11.5 Å². The number of rotatable bonds is 4. The molecular weight excluding hydrogens is 346 g/mol. The van der Waals surface area contributed by atoms with Gasteiger partial charge in [-0.1, -0.05) is 6.07 Å². The van der Waals surface area contributed by atoms with Crippen LogP contribution in [-0.4, -0.2) is 53.7 Å². The summed E-state index contributed by atoms with van der Waals surface area (Å²) in [4.78, 5) is 24.7. The average Bonchev–Trinajstić information content (AvgIpc) is 3.14. The molecule has 0 atom stereocenters. The number of piperazine rings is 1. The maximum Gasteiger partial charge on any atom is 0.231 e. The molecule has 1 saturated heterocycles. The lowest BCUT2D eigenvalue weighted by Gasteiger charge is -2.34. The number of fused-ring (bicyclic) bond motifs is 1. The van der Waals surface area contributed by atoms with Crippen molar-refractivity contribution in [2.24, 2.45) is 0 Å². The highest BCUT2D eigenvalue weighted by Gasteiger charge is 2.21. The van der Waals surface area contributed by atoms with Crippen LogP contribution in [0.3, 0.4) is 0 Å². The lowest BCUT2D eigenvalue weighted by atomic mass is 10.2. The number of anilines is 2. The molecule has 0 bridgehead atoms. The van der Waals surface area contributed by atoms with Crippen LogP contribution in [0.25, 0.3) is 0 Å². The van der Waals surface area contributed by atoms with Crippen LogP contribution in [0.2, 0.25) is 0 Å². The Morgan fingerprint density at radius 2 is 1.89 bits per heavy atom. The van der Waals surface area contributed by atoms with Gasteiger partial charge in [0.25, 0.3) is 0 Å². The van der Waals surface area contributed by atoms with Crippen molar-refractivity contribution in [3.63, 3.8) is 0 Å². The maximum absolute atomic E-state index is 11.5. The second-order valence-corrected chi connectivity index (χ2v) is 6.73. The number of carbonyl (C=O) groups excluding carboxylic acids is 1. The van der Waals surface area contributed by atoms with Crippen molar-refractivity contribution in [2.45, 2.75) is 20.4 Å². The van der Waals surface area contributed by atoms with Gasteiger partial charge < -0.3 is 24.6 Å². The molecule has 1 aromatic carbocycles. The smallest absolute Gasteiger partial charge is 0.231 e. The Kier molecular flexibility index (Phi) is 4.70. The fourth-order valence-corrected chi connectivity index (χ4v) is 3.25. The quantitative estimate of drug-likeness (QED) is 0.880. The van der Waals surface area contributed by atoms with Crippen LogP contribution in [0.4, 0.5) is 11.8 Å². The number of aryl methyl sites for hydroxylation is 1. The summed E-state index contributed by atoms with van der Waals surface area (Å²) in [5, 5.41) is 3.36. The molecule has 4 rings (SSSR count). The van der Waals surface area contributed by atoms with Gasteiger partial charge >= 0.3 is 0 Å². The minimum Gasteiger partial charge on any atom is -0.454 e. The van der Waals surface area contributed by atoms with Crippen LogP contribution < -0.4 is 19.7 Å². The molecule has 1 fully saturated rings. The third kappa shape index (κ3) is 3.89. The molecule has 0 unspecified atom stereocenters. The third-order valence-electron chi connectivity index (χ3n) is 4.76. The van der Waals surface area contributed by atoms with E-state index in [1.54, 1.807) is 6.92 Å². The highest BCUT2D eigenvalue weighted by molar-refractivity contribution is 5.73. The lowest BCUT2D eigenvalue weighted by molar-refractivity contribution is -0.129. The molecule has 0 aliphatic carbocycles. The van der Waals surface area contributed by atoms with Crippen molar-refractivity contribution in [1.29, 1.82) is 0 Å². The molecule has 1 aromatic heterocycles. The fourth-order valence-electron chi connectivity index (χ4n) is 3.25. The summed E-state index contributed by atoms with van der Waals surface area (Å²) in [6.45, 7) is 7.36. The van der Waals surface area contributed by atoms with Crippen LogP contribution >= 0.6 is 0 Å². The van der Waals surface area contributed by atoms with Crippen LogP contribution in [-0.2, 0) is 11.3 Å². The fraction of sp³-hybridized carbons (Fsp3) is 0.421. The number of benzene rings is 1. The van der Waals surface area contributed by atoms with Crippen LogP contribution in [0.5, 0.6) is 11.5 Å². The molecule has 0 spiro atoms. The maximum atomic E-state index is 11.5. The molecule has 8 heteroatoms. The summed E-state index contributed by atoms with van der Waals surface area (Å²) in [5.41, 5.74) is 1.99. The zero-order valence-electron chi connectivity index (χ0n) is 15.6. The lowest BCUT2D eigenvalue weighted by Crippen LogP contribution is -2.48. The van der Waals surface area contributed by atoms with Gasteiger partial charge in [-0.15, -0.1) is 0 Å². The molecule has 1 amide bonds. The molecule has 1 N–H and O–H groups in total.